The summed E-state index contributed by atoms with van der Waals surface area (Å²) in [5, 5.41) is 9.12. The van der Waals surface area contributed by atoms with E-state index in [1.54, 1.807) is 11.8 Å². The average Bonchev–Trinajstić information content (AvgIpc) is 2.62. The second-order valence-corrected chi connectivity index (χ2v) is 6.62. The van der Waals surface area contributed by atoms with Crippen LogP contribution in [0.3, 0.4) is 0 Å². The Morgan fingerprint density at radius 2 is 1.92 bits per heavy atom. The molecule has 1 aliphatic rings. The number of rotatable bonds is 3. The van der Waals surface area contributed by atoms with Gasteiger partial charge in [-0.1, -0.05) is 24.3 Å². The molecule has 1 aromatic carbocycles. The van der Waals surface area contributed by atoms with E-state index in [2.05, 4.69) is 4.98 Å². The highest BCUT2D eigenvalue weighted by Crippen LogP contribution is 2.28. The summed E-state index contributed by atoms with van der Waals surface area (Å²) in [7, 11) is 0. The first-order chi connectivity index (χ1) is 12.4. The number of aromatic carboxylic acids is 1. The number of carbonyl (C=O) groups excluding carboxylic acids is 1. The standard InChI is InChI=1S/C20H22N2O4/c1-12-6-4-5-7-15(12)18-10-22(13(2)11-26-18)19(23)17-9-8-16(20(24)25)14(3)21-17/h4-9,13,18H,10-11H2,1-3H3,(H,24,25). The van der Waals surface area contributed by atoms with Gasteiger partial charge in [-0.2, -0.15) is 0 Å². The van der Waals surface area contributed by atoms with E-state index < -0.39 is 5.97 Å². The summed E-state index contributed by atoms with van der Waals surface area (Å²) in [6.07, 6.45) is -0.185. The average molecular weight is 354 g/mol. The maximum atomic E-state index is 13.0. The molecule has 6 nitrogen and oxygen atoms in total. The number of aryl methyl sites for hydroxylation is 2. The fourth-order valence-electron chi connectivity index (χ4n) is 3.23. The van der Waals surface area contributed by atoms with Crippen molar-refractivity contribution < 1.29 is 19.4 Å². The summed E-state index contributed by atoms with van der Waals surface area (Å²) >= 11 is 0. The summed E-state index contributed by atoms with van der Waals surface area (Å²) in [4.78, 5) is 30.1. The number of aromatic nitrogens is 1. The summed E-state index contributed by atoms with van der Waals surface area (Å²) in [6.45, 7) is 6.44. The molecule has 2 heterocycles. The van der Waals surface area contributed by atoms with Gasteiger partial charge >= 0.3 is 5.97 Å². The van der Waals surface area contributed by atoms with Crippen molar-refractivity contribution in [3.05, 3.63) is 64.5 Å². The molecule has 6 heteroatoms. The molecule has 1 aromatic heterocycles. The molecular formula is C20H22N2O4. The fraction of sp³-hybridized carbons (Fsp3) is 0.350. The minimum Gasteiger partial charge on any atom is -0.478 e. The maximum absolute atomic E-state index is 13.0. The van der Waals surface area contributed by atoms with Gasteiger partial charge in [0, 0.05) is 0 Å². The molecule has 0 spiro atoms. The van der Waals surface area contributed by atoms with E-state index in [1.165, 1.54) is 12.1 Å². The number of carbonyl (C=O) groups is 2. The fourth-order valence-corrected chi connectivity index (χ4v) is 3.23. The number of amides is 1. The Morgan fingerprint density at radius 3 is 2.58 bits per heavy atom. The molecule has 1 amide bonds. The van der Waals surface area contributed by atoms with E-state index >= 15 is 0 Å². The smallest absolute Gasteiger partial charge is 0.337 e. The Hall–Kier alpha value is -2.73. The van der Waals surface area contributed by atoms with Crippen LogP contribution >= 0.6 is 0 Å². The molecule has 1 fully saturated rings. The molecule has 1 saturated heterocycles. The lowest BCUT2D eigenvalue weighted by Crippen LogP contribution is -2.48. The van der Waals surface area contributed by atoms with Gasteiger partial charge < -0.3 is 14.7 Å². The molecule has 0 aliphatic carbocycles. The van der Waals surface area contributed by atoms with Crippen molar-refractivity contribution in [2.45, 2.75) is 32.9 Å². The van der Waals surface area contributed by atoms with Gasteiger partial charge in [-0.25, -0.2) is 9.78 Å². The largest absolute Gasteiger partial charge is 0.478 e. The summed E-state index contributed by atoms with van der Waals surface area (Å²) in [5.74, 6) is -1.26. The quantitative estimate of drug-likeness (QED) is 0.916. The van der Waals surface area contributed by atoms with Crippen LogP contribution in [0.5, 0.6) is 0 Å². The number of benzene rings is 1. The Balaban J connectivity index is 1.85. The molecule has 3 rings (SSSR count). The minimum atomic E-state index is -1.05. The van der Waals surface area contributed by atoms with Gasteiger partial charge in [0.1, 0.15) is 11.8 Å². The minimum absolute atomic E-state index is 0.0796. The van der Waals surface area contributed by atoms with E-state index in [1.807, 2.05) is 38.1 Å². The number of ether oxygens (including phenoxy) is 1. The topological polar surface area (TPSA) is 79.7 Å². The van der Waals surface area contributed by atoms with Crippen LogP contribution in [0.1, 0.15) is 50.7 Å². The molecule has 0 radical (unpaired) electrons. The Labute approximate surface area is 152 Å². The molecule has 0 bridgehead atoms. The van der Waals surface area contributed by atoms with Crippen LogP contribution in [-0.2, 0) is 4.74 Å². The lowest BCUT2D eigenvalue weighted by atomic mass is 10.0. The van der Waals surface area contributed by atoms with Gasteiger partial charge in [0.05, 0.1) is 30.5 Å². The molecule has 2 atom stereocenters. The van der Waals surface area contributed by atoms with E-state index in [0.29, 0.717) is 18.8 Å². The highest BCUT2D eigenvalue weighted by atomic mass is 16.5. The maximum Gasteiger partial charge on any atom is 0.337 e. The van der Waals surface area contributed by atoms with Crippen molar-refractivity contribution in [2.75, 3.05) is 13.2 Å². The molecule has 26 heavy (non-hydrogen) atoms. The molecule has 2 aromatic rings. The third-order valence-electron chi connectivity index (χ3n) is 4.76. The molecular weight excluding hydrogens is 332 g/mol. The zero-order chi connectivity index (χ0) is 18.8. The number of hydrogen-bond acceptors (Lipinski definition) is 4. The first-order valence-corrected chi connectivity index (χ1v) is 8.57. The van der Waals surface area contributed by atoms with Gasteiger partial charge in [0.2, 0.25) is 0 Å². The van der Waals surface area contributed by atoms with Gasteiger partial charge in [0.25, 0.3) is 5.91 Å². The summed E-state index contributed by atoms with van der Waals surface area (Å²) in [5.41, 5.74) is 2.89. The van der Waals surface area contributed by atoms with E-state index in [9.17, 15) is 9.59 Å². The monoisotopic (exact) mass is 354 g/mol. The Bertz CT molecular complexity index is 849. The Kier molecular flexibility index (Phi) is 5.04. The number of pyridine rings is 1. The predicted molar refractivity (Wildman–Crippen MR) is 96.3 cm³/mol. The zero-order valence-electron chi connectivity index (χ0n) is 15.1. The van der Waals surface area contributed by atoms with Crippen LogP contribution in [0.15, 0.2) is 36.4 Å². The van der Waals surface area contributed by atoms with Gasteiger partial charge in [-0.3, -0.25) is 4.79 Å². The summed E-state index contributed by atoms with van der Waals surface area (Å²) < 4.78 is 5.96. The predicted octanol–water partition coefficient (Wildman–Crippen LogP) is 3.00. The number of nitrogens with zero attached hydrogens (tertiary/aromatic N) is 2. The first kappa shape index (κ1) is 18.1. The van der Waals surface area contributed by atoms with Crippen molar-refractivity contribution in [3.8, 4) is 0 Å². The molecule has 136 valence electrons. The highest BCUT2D eigenvalue weighted by Gasteiger charge is 2.32. The highest BCUT2D eigenvalue weighted by molar-refractivity contribution is 5.94. The lowest BCUT2D eigenvalue weighted by Gasteiger charge is -2.38. The van der Waals surface area contributed by atoms with Gasteiger partial charge in [-0.05, 0) is 44.0 Å². The molecule has 0 saturated carbocycles. The molecule has 2 unspecified atom stereocenters. The van der Waals surface area contributed by atoms with Crippen molar-refractivity contribution in [1.29, 1.82) is 0 Å². The van der Waals surface area contributed by atoms with E-state index in [4.69, 9.17) is 9.84 Å². The van der Waals surface area contributed by atoms with Crippen LogP contribution in [0.25, 0.3) is 0 Å². The van der Waals surface area contributed by atoms with Crippen LogP contribution in [0.4, 0.5) is 0 Å². The van der Waals surface area contributed by atoms with Crippen LogP contribution < -0.4 is 0 Å². The second kappa shape index (κ2) is 7.25. The van der Waals surface area contributed by atoms with Gasteiger partial charge in [0.15, 0.2) is 0 Å². The number of carboxylic acids is 1. The van der Waals surface area contributed by atoms with Crippen LogP contribution in [-0.4, -0.2) is 46.1 Å². The van der Waals surface area contributed by atoms with Crippen molar-refractivity contribution in [1.82, 2.24) is 9.88 Å². The summed E-state index contributed by atoms with van der Waals surface area (Å²) in [6, 6.07) is 10.8. The molecule has 1 N–H and O–H groups in total. The van der Waals surface area contributed by atoms with Crippen molar-refractivity contribution in [3.63, 3.8) is 0 Å². The van der Waals surface area contributed by atoms with Crippen molar-refractivity contribution >= 4 is 11.9 Å². The lowest BCUT2D eigenvalue weighted by molar-refractivity contribution is -0.0490. The normalized spacial score (nSPS) is 20.0. The zero-order valence-corrected chi connectivity index (χ0v) is 15.1. The van der Waals surface area contributed by atoms with Crippen LogP contribution in [0, 0.1) is 13.8 Å². The number of hydrogen-bond donors (Lipinski definition) is 1. The number of morpholine rings is 1. The van der Waals surface area contributed by atoms with Gasteiger partial charge in [-0.15, -0.1) is 0 Å². The first-order valence-electron chi connectivity index (χ1n) is 8.57. The van der Waals surface area contributed by atoms with Crippen LogP contribution in [0.2, 0.25) is 0 Å². The SMILES string of the molecule is Cc1ccccc1C1CN(C(=O)c2ccc(C(=O)O)c(C)n2)C(C)CO1. The number of carboxylic acid groups (broad SMARTS) is 1. The van der Waals surface area contributed by atoms with E-state index in [-0.39, 0.29) is 29.3 Å². The van der Waals surface area contributed by atoms with Crippen molar-refractivity contribution in [2.24, 2.45) is 0 Å². The third-order valence-corrected chi connectivity index (χ3v) is 4.76. The molecule has 1 aliphatic heterocycles. The second-order valence-electron chi connectivity index (χ2n) is 6.62. The Morgan fingerprint density at radius 1 is 1.19 bits per heavy atom. The third kappa shape index (κ3) is 3.46. The van der Waals surface area contributed by atoms with E-state index in [0.717, 1.165) is 11.1 Å².